The van der Waals surface area contributed by atoms with E-state index in [0.29, 0.717) is 5.82 Å². The number of pyridine rings is 1. The number of fused-ring (bicyclic) bond motifs is 2. The van der Waals surface area contributed by atoms with Crippen LogP contribution in [-0.2, 0) is 35.3 Å². The molecule has 3 aromatic rings. The fourth-order valence-corrected chi connectivity index (χ4v) is 5.19. The number of rotatable bonds is 5. The number of ether oxygens (including phenoxy) is 2. The molecule has 0 fully saturated rings. The van der Waals surface area contributed by atoms with Gasteiger partial charge in [0, 0.05) is 17.8 Å². The molecule has 2 aromatic carbocycles. The van der Waals surface area contributed by atoms with E-state index in [1.165, 1.54) is 16.7 Å². The summed E-state index contributed by atoms with van der Waals surface area (Å²) < 4.78 is 11.4. The molecule has 0 aliphatic carbocycles. The van der Waals surface area contributed by atoms with Crippen LogP contribution >= 0.6 is 0 Å². The highest BCUT2D eigenvalue weighted by atomic mass is 16.5. The third-order valence-corrected chi connectivity index (χ3v) is 6.80. The molecule has 0 saturated carbocycles. The maximum atomic E-state index is 12.8. The average molecular weight is 472 g/mol. The molecule has 0 radical (unpaired) electrons. The standard InChI is InChI=1S/C29H33N3O3/c1-17(2)35-26(33)15-24-18(3)32-29(30)28(22-6-7-23-16-31-11-10-19(23)13-22)27(24)21-8-9-25-20(14-21)5-4-12-34-25/h6-9,13-14,17,31H,4-5,10-12,15-16H2,1-3H3,(H2,30,32). The van der Waals surface area contributed by atoms with Crippen molar-refractivity contribution in [2.24, 2.45) is 0 Å². The molecular formula is C29H33N3O3. The number of nitrogens with one attached hydrogen (secondary N) is 1. The van der Waals surface area contributed by atoms with Crippen LogP contribution in [0.4, 0.5) is 5.82 Å². The van der Waals surface area contributed by atoms with Crippen molar-refractivity contribution in [2.45, 2.75) is 59.1 Å². The van der Waals surface area contributed by atoms with Gasteiger partial charge in [-0.1, -0.05) is 24.3 Å². The molecule has 6 nitrogen and oxygen atoms in total. The van der Waals surface area contributed by atoms with Crippen LogP contribution in [-0.4, -0.2) is 30.2 Å². The van der Waals surface area contributed by atoms with Crippen molar-refractivity contribution in [2.75, 3.05) is 18.9 Å². The number of benzene rings is 2. The Labute approximate surface area is 206 Å². The van der Waals surface area contributed by atoms with Gasteiger partial charge < -0.3 is 20.5 Å². The zero-order chi connectivity index (χ0) is 24.5. The lowest BCUT2D eigenvalue weighted by atomic mass is 9.86. The molecule has 0 spiro atoms. The Morgan fingerprint density at radius 2 is 1.86 bits per heavy atom. The summed E-state index contributed by atoms with van der Waals surface area (Å²) in [7, 11) is 0. The molecule has 3 N–H and O–H groups in total. The quantitative estimate of drug-likeness (QED) is 0.521. The van der Waals surface area contributed by atoms with Gasteiger partial charge in [0.15, 0.2) is 0 Å². The summed E-state index contributed by atoms with van der Waals surface area (Å²) in [5.41, 5.74) is 15.9. The fraction of sp³-hybridized carbons (Fsp3) is 0.379. The Kier molecular flexibility index (Phi) is 6.48. The van der Waals surface area contributed by atoms with E-state index in [-0.39, 0.29) is 18.5 Å². The second-order valence-corrected chi connectivity index (χ2v) is 9.71. The summed E-state index contributed by atoms with van der Waals surface area (Å²) >= 11 is 0. The lowest BCUT2D eigenvalue weighted by Crippen LogP contribution is -2.23. The molecule has 2 aliphatic heterocycles. The Balaban J connectivity index is 1.72. The maximum Gasteiger partial charge on any atom is 0.310 e. The van der Waals surface area contributed by atoms with Gasteiger partial charge in [0.2, 0.25) is 0 Å². The predicted molar refractivity (Wildman–Crippen MR) is 138 cm³/mol. The van der Waals surface area contributed by atoms with Crippen LogP contribution in [0.2, 0.25) is 0 Å². The zero-order valence-corrected chi connectivity index (χ0v) is 20.7. The number of anilines is 1. The summed E-state index contributed by atoms with van der Waals surface area (Å²) in [6, 6.07) is 12.8. The van der Waals surface area contributed by atoms with E-state index in [1.807, 2.05) is 26.8 Å². The first kappa shape index (κ1) is 23.4. The zero-order valence-electron chi connectivity index (χ0n) is 20.7. The highest BCUT2D eigenvalue weighted by Crippen LogP contribution is 2.42. The second-order valence-electron chi connectivity index (χ2n) is 9.71. The van der Waals surface area contributed by atoms with Crippen LogP contribution in [0, 0.1) is 6.92 Å². The van der Waals surface area contributed by atoms with Gasteiger partial charge in [-0.15, -0.1) is 0 Å². The molecule has 0 amide bonds. The highest BCUT2D eigenvalue weighted by molar-refractivity contribution is 5.94. The van der Waals surface area contributed by atoms with Crippen molar-refractivity contribution in [3.05, 3.63) is 64.3 Å². The van der Waals surface area contributed by atoms with Gasteiger partial charge in [-0.05, 0) is 97.7 Å². The molecule has 35 heavy (non-hydrogen) atoms. The van der Waals surface area contributed by atoms with Gasteiger partial charge in [-0.25, -0.2) is 4.98 Å². The van der Waals surface area contributed by atoms with E-state index in [9.17, 15) is 4.79 Å². The molecule has 0 unspecified atom stereocenters. The predicted octanol–water partition coefficient (Wildman–Crippen LogP) is 4.77. The van der Waals surface area contributed by atoms with E-state index < -0.39 is 0 Å². The van der Waals surface area contributed by atoms with Crippen molar-refractivity contribution in [3.8, 4) is 28.0 Å². The van der Waals surface area contributed by atoms with E-state index in [1.54, 1.807) is 0 Å². The van der Waals surface area contributed by atoms with E-state index in [0.717, 1.165) is 78.2 Å². The van der Waals surface area contributed by atoms with Crippen LogP contribution in [0.1, 0.15) is 48.2 Å². The summed E-state index contributed by atoms with van der Waals surface area (Å²) in [5, 5.41) is 3.43. The summed E-state index contributed by atoms with van der Waals surface area (Å²) in [4.78, 5) is 17.5. The minimum atomic E-state index is -0.264. The van der Waals surface area contributed by atoms with E-state index in [2.05, 4.69) is 35.6 Å². The Morgan fingerprint density at radius 1 is 1.09 bits per heavy atom. The normalized spacial score (nSPS) is 14.7. The number of nitrogen functional groups attached to an aromatic ring is 1. The number of esters is 1. The third kappa shape index (κ3) is 4.76. The molecule has 0 bridgehead atoms. The van der Waals surface area contributed by atoms with Crippen molar-refractivity contribution < 1.29 is 14.3 Å². The van der Waals surface area contributed by atoms with Gasteiger partial charge >= 0.3 is 5.97 Å². The van der Waals surface area contributed by atoms with Crippen molar-refractivity contribution >= 4 is 11.8 Å². The first-order valence-corrected chi connectivity index (χ1v) is 12.5. The summed E-state index contributed by atoms with van der Waals surface area (Å²) in [6.07, 6.45) is 2.90. The molecule has 2 aliphatic rings. The third-order valence-electron chi connectivity index (χ3n) is 6.80. The van der Waals surface area contributed by atoms with Crippen LogP contribution in [0.25, 0.3) is 22.3 Å². The topological polar surface area (TPSA) is 86.5 Å². The smallest absolute Gasteiger partial charge is 0.310 e. The Morgan fingerprint density at radius 3 is 2.69 bits per heavy atom. The number of carbonyl (C=O) groups is 1. The highest BCUT2D eigenvalue weighted by Gasteiger charge is 2.24. The van der Waals surface area contributed by atoms with Gasteiger partial charge in [-0.3, -0.25) is 4.79 Å². The first-order chi connectivity index (χ1) is 16.9. The minimum absolute atomic E-state index is 0.141. The van der Waals surface area contributed by atoms with Crippen LogP contribution in [0.3, 0.4) is 0 Å². The number of nitrogens with two attached hydrogens (primary N) is 1. The van der Waals surface area contributed by atoms with Crippen LogP contribution in [0.15, 0.2) is 36.4 Å². The van der Waals surface area contributed by atoms with Crippen molar-refractivity contribution in [1.82, 2.24) is 10.3 Å². The molecule has 0 saturated heterocycles. The molecule has 3 heterocycles. The average Bonchev–Trinajstić information content (AvgIpc) is 2.84. The monoisotopic (exact) mass is 471 g/mol. The minimum Gasteiger partial charge on any atom is -0.493 e. The molecule has 182 valence electrons. The lowest BCUT2D eigenvalue weighted by Gasteiger charge is -2.23. The summed E-state index contributed by atoms with van der Waals surface area (Å²) in [6.45, 7) is 8.23. The lowest BCUT2D eigenvalue weighted by molar-refractivity contribution is -0.146. The number of carbonyl (C=O) groups excluding carboxylic acids is 1. The molecule has 0 atom stereocenters. The van der Waals surface area contributed by atoms with Crippen LogP contribution < -0.4 is 15.8 Å². The van der Waals surface area contributed by atoms with Gasteiger partial charge in [0.05, 0.1) is 19.1 Å². The van der Waals surface area contributed by atoms with Crippen molar-refractivity contribution in [1.29, 1.82) is 0 Å². The van der Waals surface area contributed by atoms with E-state index in [4.69, 9.17) is 20.2 Å². The number of hydrogen-bond donors (Lipinski definition) is 2. The van der Waals surface area contributed by atoms with Gasteiger partial charge in [0.25, 0.3) is 0 Å². The molecule has 6 heteroatoms. The second kappa shape index (κ2) is 9.70. The summed E-state index contributed by atoms with van der Waals surface area (Å²) in [5.74, 6) is 1.14. The SMILES string of the molecule is Cc1nc(N)c(-c2ccc3c(c2)CCNC3)c(-c2ccc3c(c2)CCCO3)c1CC(=O)OC(C)C. The molecular weight excluding hydrogens is 438 g/mol. The Bertz CT molecular complexity index is 1280. The fourth-order valence-electron chi connectivity index (χ4n) is 5.19. The van der Waals surface area contributed by atoms with Crippen molar-refractivity contribution in [3.63, 3.8) is 0 Å². The molecule has 5 rings (SSSR count). The number of aryl methyl sites for hydroxylation is 2. The molecule has 1 aromatic heterocycles. The van der Waals surface area contributed by atoms with Gasteiger partial charge in [-0.2, -0.15) is 0 Å². The van der Waals surface area contributed by atoms with E-state index >= 15 is 0 Å². The number of hydrogen-bond acceptors (Lipinski definition) is 6. The number of nitrogens with zero attached hydrogens (tertiary/aromatic N) is 1. The number of aromatic nitrogens is 1. The first-order valence-electron chi connectivity index (χ1n) is 12.5. The van der Waals surface area contributed by atoms with Crippen LogP contribution in [0.5, 0.6) is 5.75 Å². The maximum absolute atomic E-state index is 12.8. The Hall–Kier alpha value is -3.38. The van der Waals surface area contributed by atoms with Gasteiger partial charge in [0.1, 0.15) is 11.6 Å². The largest absolute Gasteiger partial charge is 0.493 e.